The Balaban J connectivity index is 1.49. The van der Waals surface area contributed by atoms with E-state index in [1.807, 2.05) is 13.8 Å². The third-order valence-corrected chi connectivity index (χ3v) is 6.23. The summed E-state index contributed by atoms with van der Waals surface area (Å²) in [4.78, 5) is 0. The number of hydrogen-bond acceptors (Lipinski definition) is 2. The van der Waals surface area contributed by atoms with Gasteiger partial charge in [-0.1, -0.05) is 81.0 Å². The minimum absolute atomic E-state index is 0.0769. The molecule has 0 aromatic heterocycles. The van der Waals surface area contributed by atoms with Crippen LogP contribution in [0, 0.1) is 23.3 Å². The van der Waals surface area contributed by atoms with Crippen molar-refractivity contribution >= 4 is 12.2 Å². The van der Waals surface area contributed by atoms with Gasteiger partial charge in [0.25, 0.3) is 0 Å². The summed E-state index contributed by atoms with van der Waals surface area (Å²) in [6.07, 6.45) is 5.59. The third kappa shape index (κ3) is 6.69. The molecule has 2 nitrogen and oxygen atoms in total. The van der Waals surface area contributed by atoms with E-state index >= 15 is 8.78 Å². The van der Waals surface area contributed by atoms with Gasteiger partial charge in [-0.2, -0.15) is 4.39 Å². The van der Waals surface area contributed by atoms with E-state index in [9.17, 15) is 8.78 Å². The van der Waals surface area contributed by atoms with Crippen LogP contribution in [-0.4, -0.2) is 13.2 Å². The Morgan fingerprint density at radius 3 is 1.77 bits per heavy atom. The zero-order valence-electron chi connectivity index (χ0n) is 21.9. The average Bonchev–Trinajstić information content (AvgIpc) is 2.96. The molecular weight excluding hydrogens is 504 g/mol. The molecule has 0 unspecified atom stereocenters. The Labute approximate surface area is 226 Å². The fourth-order valence-electron chi connectivity index (χ4n) is 4.02. The Morgan fingerprint density at radius 1 is 0.564 bits per heavy atom. The van der Waals surface area contributed by atoms with Crippen LogP contribution < -0.4 is 9.47 Å². The fraction of sp³-hybridized carbons (Fsp3) is 0.212. The van der Waals surface area contributed by atoms with Crippen LogP contribution in [0.3, 0.4) is 0 Å². The van der Waals surface area contributed by atoms with Crippen molar-refractivity contribution in [3.05, 3.63) is 107 Å². The molecule has 0 saturated carbocycles. The Kier molecular flexibility index (Phi) is 9.42. The molecule has 6 heteroatoms. The van der Waals surface area contributed by atoms with Crippen molar-refractivity contribution in [2.24, 2.45) is 0 Å². The van der Waals surface area contributed by atoms with Gasteiger partial charge in [-0.15, -0.1) is 0 Å². The molecule has 0 aliphatic rings. The largest absolute Gasteiger partial charge is 0.494 e. The van der Waals surface area contributed by atoms with E-state index < -0.39 is 23.3 Å². The van der Waals surface area contributed by atoms with Gasteiger partial charge >= 0.3 is 0 Å². The summed E-state index contributed by atoms with van der Waals surface area (Å²) in [6.45, 7) is 4.90. The second-order valence-electron chi connectivity index (χ2n) is 9.10. The van der Waals surface area contributed by atoms with Crippen molar-refractivity contribution in [2.75, 3.05) is 13.2 Å². The molecule has 0 fully saturated rings. The minimum Gasteiger partial charge on any atom is -0.494 e. The van der Waals surface area contributed by atoms with Crippen molar-refractivity contribution in [3.63, 3.8) is 0 Å². The molecule has 0 saturated heterocycles. The summed E-state index contributed by atoms with van der Waals surface area (Å²) < 4.78 is 69.7. The maximum atomic E-state index is 15.1. The van der Waals surface area contributed by atoms with Gasteiger partial charge in [-0.3, -0.25) is 0 Å². The molecule has 0 radical (unpaired) electrons. The first-order valence-electron chi connectivity index (χ1n) is 13.0. The van der Waals surface area contributed by atoms with Crippen molar-refractivity contribution in [3.8, 4) is 33.8 Å². The van der Waals surface area contributed by atoms with Crippen LogP contribution in [0.1, 0.15) is 44.2 Å². The number of hydrogen-bond donors (Lipinski definition) is 0. The number of ether oxygens (including phenoxy) is 2. The van der Waals surface area contributed by atoms with Crippen molar-refractivity contribution < 1.29 is 27.0 Å². The topological polar surface area (TPSA) is 18.5 Å². The fourth-order valence-corrected chi connectivity index (χ4v) is 4.02. The summed E-state index contributed by atoms with van der Waals surface area (Å²) in [5.41, 5.74) is 2.09. The molecule has 0 bridgehead atoms. The zero-order chi connectivity index (χ0) is 27.8. The third-order valence-electron chi connectivity index (χ3n) is 6.23. The number of unbranched alkanes of at least 4 members (excludes halogenated alkanes) is 1. The Morgan fingerprint density at radius 2 is 1.18 bits per heavy atom. The molecule has 4 aromatic carbocycles. The van der Waals surface area contributed by atoms with Gasteiger partial charge < -0.3 is 9.47 Å². The first-order chi connectivity index (χ1) is 18.9. The lowest BCUT2D eigenvalue weighted by atomic mass is 9.98. The average molecular weight is 535 g/mol. The van der Waals surface area contributed by atoms with Crippen LogP contribution in [0.25, 0.3) is 34.4 Å². The van der Waals surface area contributed by atoms with E-state index in [1.54, 1.807) is 66.7 Å². The molecule has 4 aromatic rings. The maximum Gasteiger partial charge on any atom is 0.201 e. The minimum atomic E-state index is -1.02. The van der Waals surface area contributed by atoms with Gasteiger partial charge in [0.2, 0.25) is 5.82 Å². The normalized spacial score (nSPS) is 11.2. The highest BCUT2D eigenvalue weighted by Gasteiger charge is 2.16. The van der Waals surface area contributed by atoms with E-state index in [0.717, 1.165) is 19.3 Å². The van der Waals surface area contributed by atoms with Gasteiger partial charge in [-0.25, -0.2) is 13.2 Å². The summed E-state index contributed by atoms with van der Waals surface area (Å²) in [5, 5.41) is 0. The molecule has 39 heavy (non-hydrogen) atoms. The van der Waals surface area contributed by atoms with Crippen molar-refractivity contribution in [1.29, 1.82) is 0 Å². The molecule has 0 atom stereocenters. The second kappa shape index (κ2) is 13.1. The summed E-state index contributed by atoms with van der Waals surface area (Å²) in [5.74, 6) is -3.32. The summed E-state index contributed by atoms with van der Waals surface area (Å²) in [7, 11) is 0. The van der Waals surface area contributed by atoms with Gasteiger partial charge in [0.1, 0.15) is 5.75 Å². The van der Waals surface area contributed by atoms with E-state index in [-0.39, 0.29) is 22.4 Å². The maximum absolute atomic E-state index is 15.1. The van der Waals surface area contributed by atoms with Gasteiger partial charge in [0.15, 0.2) is 23.2 Å². The number of halogens is 4. The Hall–Kier alpha value is -4.06. The van der Waals surface area contributed by atoms with Crippen molar-refractivity contribution in [2.45, 2.75) is 33.1 Å². The number of rotatable bonds is 11. The zero-order valence-corrected chi connectivity index (χ0v) is 21.9. The van der Waals surface area contributed by atoms with Crippen LogP contribution >= 0.6 is 0 Å². The lowest BCUT2D eigenvalue weighted by molar-refractivity contribution is 0.288. The smallest absolute Gasteiger partial charge is 0.201 e. The van der Waals surface area contributed by atoms with Crippen molar-refractivity contribution in [1.82, 2.24) is 0 Å². The highest BCUT2D eigenvalue weighted by Crippen LogP contribution is 2.32. The molecule has 202 valence electrons. The van der Waals surface area contributed by atoms with Crippen LogP contribution in [0.15, 0.2) is 72.8 Å². The molecule has 0 aliphatic heterocycles. The lowest BCUT2D eigenvalue weighted by Crippen LogP contribution is -2.01. The van der Waals surface area contributed by atoms with Crippen LogP contribution in [0.2, 0.25) is 0 Å². The van der Waals surface area contributed by atoms with Gasteiger partial charge in [-0.05, 0) is 53.8 Å². The first kappa shape index (κ1) is 28.0. The van der Waals surface area contributed by atoms with Crippen LogP contribution in [0.5, 0.6) is 11.5 Å². The second-order valence-corrected chi connectivity index (χ2v) is 9.10. The quantitative estimate of drug-likeness (QED) is 0.108. The molecule has 0 aliphatic carbocycles. The molecule has 0 heterocycles. The first-order valence-corrected chi connectivity index (χ1v) is 13.0. The predicted molar refractivity (Wildman–Crippen MR) is 149 cm³/mol. The summed E-state index contributed by atoms with van der Waals surface area (Å²) >= 11 is 0. The summed E-state index contributed by atoms with van der Waals surface area (Å²) in [6, 6.07) is 19.5. The Bertz CT molecular complexity index is 1430. The predicted octanol–water partition coefficient (Wildman–Crippen LogP) is 9.72. The van der Waals surface area contributed by atoms with E-state index in [4.69, 9.17) is 9.47 Å². The van der Waals surface area contributed by atoms with Crippen LogP contribution in [0.4, 0.5) is 17.6 Å². The molecule has 0 spiro atoms. The van der Waals surface area contributed by atoms with Gasteiger partial charge in [0, 0.05) is 16.7 Å². The lowest BCUT2D eigenvalue weighted by Gasteiger charge is -2.11. The monoisotopic (exact) mass is 534 g/mol. The highest BCUT2D eigenvalue weighted by molar-refractivity contribution is 5.75. The van der Waals surface area contributed by atoms with E-state index in [2.05, 4.69) is 0 Å². The molecule has 0 N–H and O–H groups in total. The van der Waals surface area contributed by atoms with Crippen LogP contribution in [-0.2, 0) is 0 Å². The van der Waals surface area contributed by atoms with E-state index in [1.165, 1.54) is 18.2 Å². The number of benzene rings is 4. The molecule has 0 amide bonds. The SMILES string of the molecule is CCCCOc1ccc(/C=C/c2ccc(-c3ccc(-c4ccc(OCCC)cc4)c(F)c3F)cc2)c(F)c1F. The van der Waals surface area contributed by atoms with Gasteiger partial charge in [0.05, 0.1) is 13.2 Å². The highest BCUT2D eigenvalue weighted by atomic mass is 19.2. The van der Waals surface area contributed by atoms with E-state index in [0.29, 0.717) is 35.7 Å². The molecule has 4 rings (SSSR count). The molecular formula is C33H30F4O2. The standard InChI is InChI=1S/C33H30F4O2/c1-3-5-21-39-29-19-14-25(30(34)33(29)37)11-8-22-6-9-23(10-7-22)27-17-18-28(32(36)31(27)35)24-12-15-26(16-13-24)38-20-4-2/h6-19H,3-5,20-21H2,1-2H3/b11-8+.